The van der Waals surface area contributed by atoms with Crippen molar-refractivity contribution in [3.63, 3.8) is 0 Å². The number of aliphatic carboxylic acids is 1. The lowest BCUT2D eigenvalue weighted by Crippen LogP contribution is -2.46. The van der Waals surface area contributed by atoms with E-state index in [2.05, 4.69) is 11.4 Å². The first-order chi connectivity index (χ1) is 17.2. The molecule has 0 saturated heterocycles. The molecule has 3 aliphatic rings. The summed E-state index contributed by atoms with van der Waals surface area (Å²) in [6, 6.07) is 3.93. The fraction of sp³-hybridized carbons (Fsp3) is 0.577. The van der Waals surface area contributed by atoms with E-state index < -0.39 is 42.1 Å². The van der Waals surface area contributed by atoms with Gasteiger partial charge >= 0.3 is 11.9 Å². The number of esters is 1. The maximum absolute atomic E-state index is 12.5. The van der Waals surface area contributed by atoms with Crippen LogP contribution in [0.1, 0.15) is 56.1 Å². The quantitative estimate of drug-likeness (QED) is 0.388. The average Bonchev–Trinajstić information content (AvgIpc) is 2.82. The third-order valence-corrected chi connectivity index (χ3v) is 7.32. The zero-order valence-electron chi connectivity index (χ0n) is 20.3. The summed E-state index contributed by atoms with van der Waals surface area (Å²) in [5.41, 5.74) is 1.24. The van der Waals surface area contributed by atoms with Gasteiger partial charge in [-0.25, -0.2) is 4.79 Å². The van der Waals surface area contributed by atoms with E-state index in [9.17, 15) is 24.6 Å². The number of nitrogens with one attached hydrogen (secondary N) is 1. The first-order valence-electron chi connectivity index (χ1n) is 12.4. The van der Waals surface area contributed by atoms with Crippen LogP contribution in [0, 0.1) is 5.92 Å². The topological polar surface area (TPSA) is 152 Å². The van der Waals surface area contributed by atoms with Crippen LogP contribution >= 0.6 is 0 Å². The van der Waals surface area contributed by atoms with Gasteiger partial charge in [-0.1, -0.05) is 12.5 Å². The summed E-state index contributed by atoms with van der Waals surface area (Å²) in [5, 5.41) is 32.0. The van der Waals surface area contributed by atoms with Crippen molar-refractivity contribution >= 4 is 17.8 Å². The van der Waals surface area contributed by atoms with Gasteiger partial charge in [0.15, 0.2) is 23.7 Å². The Balaban J connectivity index is 1.48. The number of ether oxygens (including phenoxy) is 3. The highest BCUT2D eigenvalue weighted by molar-refractivity contribution is 5.83. The van der Waals surface area contributed by atoms with Crippen molar-refractivity contribution in [2.45, 2.75) is 75.6 Å². The van der Waals surface area contributed by atoms with Gasteiger partial charge in [0.05, 0.1) is 25.6 Å². The molecule has 1 aliphatic heterocycles. The van der Waals surface area contributed by atoms with Gasteiger partial charge < -0.3 is 34.8 Å². The minimum absolute atomic E-state index is 0.0480. The van der Waals surface area contributed by atoms with Crippen molar-refractivity contribution < 1.29 is 43.9 Å². The van der Waals surface area contributed by atoms with Crippen molar-refractivity contribution in [1.29, 1.82) is 0 Å². The van der Waals surface area contributed by atoms with Gasteiger partial charge in [-0.3, -0.25) is 9.59 Å². The van der Waals surface area contributed by atoms with Crippen LogP contribution in [-0.2, 0) is 32.0 Å². The Hall–Kier alpha value is -3.11. The number of carboxylic acid groups (broad SMARTS) is 1. The molecule has 6 bridgehead atoms. The molecule has 1 aromatic rings. The minimum Gasteiger partial charge on any atom is -0.493 e. The first kappa shape index (κ1) is 26.0. The van der Waals surface area contributed by atoms with Crippen LogP contribution in [0.3, 0.4) is 0 Å². The SMILES string of the molecule is COc1ccc2c3c1O[C@@H]1C[C@@](O)(CC=C1OC(=O)CCNC(=O)C[C@H](O)C(=O)O)[C@H](CCCC3)C2. The van der Waals surface area contributed by atoms with Gasteiger partial charge in [-0.05, 0) is 55.7 Å². The van der Waals surface area contributed by atoms with Crippen molar-refractivity contribution in [3.8, 4) is 11.5 Å². The fourth-order valence-electron chi connectivity index (χ4n) is 5.34. The Morgan fingerprint density at radius 3 is 2.83 bits per heavy atom. The molecule has 4 N–H and O–H groups in total. The minimum atomic E-state index is -1.80. The van der Waals surface area contributed by atoms with E-state index in [-0.39, 0.29) is 25.3 Å². The van der Waals surface area contributed by atoms with Gasteiger partial charge in [0, 0.05) is 18.5 Å². The zero-order chi connectivity index (χ0) is 25.9. The summed E-state index contributed by atoms with van der Waals surface area (Å²) in [6.45, 7) is -0.0746. The number of methoxy groups -OCH3 is 1. The van der Waals surface area contributed by atoms with E-state index in [4.69, 9.17) is 19.3 Å². The monoisotopic (exact) mass is 503 g/mol. The normalized spacial score (nSPS) is 25.5. The molecule has 0 saturated carbocycles. The summed E-state index contributed by atoms with van der Waals surface area (Å²) in [6.07, 6.45) is 3.58. The molecule has 1 heterocycles. The van der Waals surface area contributed by atoms with E-state index in [1.807, 2.05) is 6.07 Å². The summed E-state index contributed by atoms with van der Waals surface area (Å²) < 4.78 is 17.6. The van der Waals surface area contributed by atoms with E-state index in [1.54, 1.807) is 13.2 Å². The van der Waals surface area contributed by atoms with Gasteiger partial charge in [-0.2, -0.15) is 0 Å². The highest BCUT2D eigenvalue weighted by Gasteiger charge is 2.45. The predicted molar refractivity (Wildman–Crippen MR) is 126 cm³/mol. The summed E-state index contributed by atoms with van der Waals surface area (Å²) >= 11 is 0. The van der Waals surface area contributed by atoms with Crippen LogP contribution in [0.5, 0.6) is 11.5 Å². The molecule has 0 spiro atoms. The number of aliphatic hydroxyl groups is 2. The molecule has 10 nitrogen and oxygen atoms in total. The van der Waals surface area contributed by atoms with E-state index >= 15 is 0 Å². The number of carbonyl (C=O) groups is 3. The number of carboxylic acids is 1. The number of hydrogen-bond donors (Lipinski definition) is 4. The molecule has 4 atom stereocenters. The molecule has 1 aromatic carbocycles. The van der Waals surface area contributed by atoms with Crippen LogP contribution in [0.25, 0.3) is 0 Å². The van der Waals surface area contributed by atoms with Gasteiger partial charge in [0.1, 0.15) is 5.76 Å². The number of rotatable bonds is 8. The number of fused-ring (bicyclic) bond motifs is 4. The molecular weight excluding hydrogens is 470 g/mol. The zero-order valence-corrected chi connectivity index (χ0v) is 20.3. The van der Waals surface area contributed by atoms with Crippen molar-refractivity contribution in [3.05, 3.63) is 35.1 Å². The van der Waals surface area contributed by atoms with Crippen LogP contribution in [0.4, 0.5) is 0 Å². The molecule has 0 fully saturated rings. The first-order valence-corrected chi connectivity index (χ1v) is 12.4. The second kappa shape index (κ2) is 10.9. The second-order valence-electron chi connectivity index (χ2n) is 9.74. The molecule has 36 heavy (non-hydrogen) atoms. The number of aliphatic hydroxyl groups excluding tert-OH is 1. The molecule has 196 valence electrons. The Labute approximate surface area is 209 Å². The molecule has 0 unspecified atom stereocenters. The number of benzene rings is 1. The van der Waals surface area contributed by atoms with Crippen LogP contribution in [-0.4, -0.2) is 64.6 Å². The highest BCUT2D eigenvalue weighted by atomic mass is 16.6. The summed E-state index contributed by atoms with van der Waals surface area (Å²) in [4.78, 5) is 34.9. The highest BCUT2D eigenvalue weighted by Crippen LogP contribution is 2.47. The lowest BCUT2D eigenvalue weighted by atomic mass is 9.71. The summed E-state index contributed by atoms with van der Waals surface area (Å²) in [7, 11) is 1.58. The van der Waals surface area contributed by atoms with Crippen molar-refractivity contribution in [1.82, 2.24) is 5.32 Å². The average molecular weight is 504 g/mol. The molecule has 4 rings (SSSR count). The maximum Gasteiger partial charge on any atom is 0.333 e. The third kappa shape index (κ3) is 5.65. The predicted octanol–water partition coefficient (Wildman–Crippen LogP) is 1.64. The van der Waals surface area contributed by atoms with Gasteiger partial charge in [0.2, 0.25) is 5.91 Å². The molecule has 1 amide bonds. The van der Waals surface area contributed by atoms with Gasteiger partial charge in [0.25, 0.3) is 0 Å². The van der Waals surface area contributed by atoms with Crippen molar-refractivity contribution in [2.24, 2.45) is 5.92 Å². The van der Waals surface area contributed by atoms with E-state index in [0.717, 1.165) is 43.2 Å². The largest absolute Gasteiger partial charge is 0.493 e. The molecular formula is C26H33NO9. The Morgan fingerprint density at radius 2 is 2.08 bits per heavy atom. The third-order valence-electron chi connectivity index (χ3n) is 7.32. The maximum atomic E-state index is 12.5. The summed E-state index contributed by atoms with van der Waals surface area (Å²) in [5.74, 6) is -1.20. The van der Waals surface area contributed by atoms with E-state index in [1.165, 1.54) is 0 Å². The Kier molecular flexibility index (Phi) is 7.85. The lowest BCUT2D eigenvalue weighted by molar-refractivity contribution is -0.149. The number of carbonyl (C=O) groups excluding carboxylic acids is 2. The fourth-order valence-corrected chi connectivity index (χ4v) is 5.34. The molecule has 0 aromatic heterocycles. The second-order valence-corrected chi connectivity index (χ2v) is 9.74. The smallest absolute Gasteiger partial charge is 0.333 e. The molecule has 10 heteroatoms. The lowest BCUT2D eigenvalue weighted by Gasteiger charge is -2.41. The van der Waals surface area contributed by atoms with Crippen molar-refractivity contribution in [2.75, 3.05) is 13.7 Å². The van der Waals surface area contributed by atoms with Crippen LogP contribution in [0.2, 0.25) is 0 Å². The standard InChI is InChI=1S/C26H33NO9/c1-34-20-7-6-15-12-16-4-2-3-5-17(15)24(20)36-21-14-26(16,33)10-8-19(21)35-23(30)9-11-27-22(29)13-18(28)25(31)32/h6-8,16,18,21,28,33H,2-5,9-14H2,1H3,(H,27,29)(H,31,32)/t16-,18+,21-,26+/m1/s1. The number of hydrogen-bond acceptors (Lipinski definition) is 8. The van der Waals surface area contributed by atoms with Crippen LogP contribution in [0.15, 0.2) is 24.0 Å². The molecule has 2 aliphatic carbocycles. The Bertz CT molecular complexity index is 1050. The van der Waals surface area contributed by atoms with Gasteiger partial charge in [-0.15, -0.1) is 0 Å². The Morgan fingerprint density at radius 1 is 1.28 bits per heavy atom. The molecule has 0 radical (unpaired) electrons. The number of amides is 1. The van der Waals surface area contributed by atoms with E-state index in [0.29, 0.717) is 23.7 Å². The van der Waals surface area contributed by atoms with Crippen LogP contribution < -0.4 is 14.8 Å².